The zero-order valence-electron chi connectivity index (χ0n) is 9.68. The van der Waals surface area contributed by atoms with Gasteiger partial charge < -0.3 is 9.67 Å². The molecule has 0 aromatic carbocycles. The highest BCUT2D eigenvalue weighted by Gasteiger charge is 2.27. The van der Waals surface area contributed by atoms with Crippen molar-refractivity contribution in [2.45, 2.75) is 25.3 Å². The van der Waals surface area contributed by atoms with E-state index in [2.05, 4.69) is 9.97 Å². The van der Waals surface area contributed by atoms with Crippen LogP contribution in [0.5, 0.6) is 0 Å². The number of aliphatic hydroxyl groups is 1. The first-order valence-corrected chi connectivity index (χ1v) is 6.74. The Morgan fingerprint density at radius 1 is 1.39 bits per heavy atom. The van der Waals surface area contributed by atoms with E-state index in [1.165, 1.54) is 0 Å². The normalized spacial score (nSPS) is 23.9. The predicted molar refractivity (Wildman–Crippen MR) is 71.0 cm³/mol. The van der Waals surface area contributed by atoms with Crippen molar-refractivity contribution < 1.29 is 5.11 Å². The zero-order chi connectivity index (χ0) is 12.7. The van der Waals surface area contributed by atoms with Crippen LogP contribution < -0.4 is 0 Å². The highest BCUT2D eigenvalue weighted by molar-refractivity contribution is 6.37. The molecular formula is C12H13Cl2N3O. The molecule has 2 heterocycles. The Bertz CT molecular complexity index is 584. The van der Waals surface area contributed by atoms with Crippen molar-refractivity contribution in [3.05, 3.63) is 22.6 Å². The molecule has 3 rings (SSSR count). The van der Waals surface area contributed by atoms with E-state index in [1.807, 2.05) is 4.57 Å². The third-order valence-electron chi connectivity index (χ3n) is 3.62. The summed E-state index contributed by atoms with van der Waals surface area (Å²) in [4.78, 5) is 8.61. The van der Waals surface area contributed by atoms with Crippen LogP contribution >= 0.6 is 23.2 Å². The lowest BCUT2D eigenvalue weighted by molar-refractivity contribution is 0.226. The van der Waals surface area contributed by atoms with Gasteiger partial charge in [0.25, 0.3) is 0 Å². The van der Waals surface area contributed by atoms with Gasteiger partial charge in [-0.2, -0.15) is 0 Å². The van der Waals surface area contributed by atoms with Gasteiger partial charge in [-0.3, -0.25) is 0 Å². The molecule has 1 saturated carbocycles. The van der Waals surface area contributed by atoms with Crippen molar-refractivity contribution in [2.24, 2.45) is 5.92 Å². The van der Waals surface area contributed by atoms with E-state index in [4.69, 9.17) is 23.2 Å². The number of halogens is 2. The van der Waals surface area contributed by atoms with Crippen molar-refractivity contribution in [1.82, 2.24) is 14.5 Å². The summed E-state index contributed by atoms with van der Waals surface area (Å²) in [5, 5.41) is 10.1. The van der Waals surface area contributed by atoms with Gasteiger partial charge in [0, 0.05) is 12.6 Å². The van der Waals surface area contributed by atoms with E-state index in [-0.39, 0.29) is 6.61 Å². The summed E-state index contributed by atoms with van der Waals surface area (Å²) in [6, 6.07) is 1.93. The van der Waals surface area contributed by atoms with Crippen LogP contribution in [0.3, 0.4) is 0 Å². The summed E-state index contributed by atoms with van der Waals surface area (Å²) in [6.07, 6.45) is 4.79. The zero-order valence-corrected chi connectivity index (χ0v) is 11.2. The van der Waals surface area contributed by atoms with Gasteiger partial charge in [0.15, 0.2) is 5.65 Å². The second-order valence-electron chi connectivity index (χ2n) is 4.77. The molecule has 1 N–H and O–H groups in total. The molecule has 0 bridgehead atoms. The molecule has 0 saturated heterocycles. The fourth-order valence-corrected chi connectivity index (χ4v) is 3.16. The monoisotopic (exact) mass is 285 g/mol. The molecule has 0 amide bonds. The van der Waals surface area contributed by atoms with Crippen molar-refractivity contribution in [3.63, 3.8) is 0 Å². The van der Waals surface area contributed by atoms with Gasteiger partial charge >= 0.3 is 0 Å². The summed E-state index contributed by atoms with van der Waals surface area (Å²) < 4.78 is 2.03. The Morgan fingerprint density at radius 2 is 2.22 bits per heavy atom. The van der Waals surface area contributed by atoms with Gasteiger partial charge in [0.05, 0.1) is 11.3 Å². The molecule has 18 heavy (non-hydrogen) atoms. The number of pyridine rings is 1. The van der Waals surface area contributed by atoms with Gasteiger partial charge in [-0.1, -0.05) is 23.2 Å². The summed E-state index contributed by atoms with van der Waals surface area (Å²) in [5.74, 6) is 0.377. The van der Waals surface area contributed by atoms with E-state index >= 15 is 0 Å². The van der Waals surface area contributed by atoms with Crippen LogP contribution in [0.15, 0.2) is 12.4 Å². The van der Waals surface area contributed by atoms with Crippen LogP contribution in [0.4, 0.5) is 0 Å². The lowest BCUT2D eigenvalue weighted by atomic mass is 10.1. The molecule has 6 heteroatoms. The smallest absolute Gasteiger partial charge is 0.163 e. The van der Waals surface area contributed by atoms with Crippen LogP contribution in [0, 0.1) is 5.92 Å². The molecule has 1 unspecified atom stereocenters. The lowest BCUT2D eigenvalue weighted by Crippen LogP contribution is -2.06. The van der Waals surface area contributed by atoms with Crippen molar-refractivity contribution in [3.8, 4) is 0 Å². The van der Waals surface area contributed by atoms with Crippen molar-refractivity contribution in [2.75, 3.05) is 6.61 Å². The van der Waals surface area contributed by atoms with Crippen molar-refractivity contribution >= 4 is 34.4 Å². The largest absolute Gasteiger partial charge is 0.396 e. The Balaban J connectivity index is 2.03. The molecule has 1 fully saturated rings. The third kappa shape index (κ3) is 1.98. The fourth-order valence-electron chi connectivity index (χ4n) is 2.67. The standard InChI is InChI=1S/C12H13Cl2N3O/c13-9-4-10(14)16-12-11(9)15-6-17(12)8-2-1-7(3-8)5-18/h4,6-8,18H,1-3,5H2/t7-,8?/m1/s1. The second-order valence-corrected chi connectivity index (χ2v) is 5.56. The molecule has 0 spiro atoms. The maximum absolute atomic E-state index is 9.20. The minimum absolute atomic E-state index is 0.248. The Labute approximate surface area is 115 Å². The van der Waals surface area contributed by atoms with Crippen LogP contribution in [-0.4, -0.2) is 26.2 Å². The second kappa shape index (κ2) is 4.68. The Morgan fingerprint density at radius 3 is 2.94 bits per heavy atom. The molecule has 96 valence electrons. The number of imidazole rings is 1. The number of fused-ring (bicyclic) bond motifs is 1. The van der Waals surface area contributed by atoms with Gasteiger partial charge in [0.1, 0.15) is 10.7 Å². The predicted octanol–water partition coefficient (Wildman–Crippen LogP) is 3.07. The highest BCUT2D eigenvalue weighted by Crippen LogP contribution is 2.36. The van der Waals surface area contributed by atoms with Crippen LogP contribution in [0.25, 0.3) is 11.2 Å². The summed E-state index contributed by atoms with van der Waals surface area (Å²) in [7, 11) is 0. The average molecular weight is 286 g/mol. The van der Waals surface area contributed by atoms with Crippen molar-refractivity contribution in [1.29, 1.82) is 0 Å². The lowest BCUT2D eigenvalue weighted by Gasteiger charge is -2.12. The van der Waals surface area contributed by atoms with E-state index in [0.29, 0.717) is 27.7 Å². The third-order valence-corrected chi connectivity index (χ3v) is 4.10. The summed E-state index contributed by atoms with van der Waals surface area (Å²) in [6.45, 7) is 0.248. The maximum atomic E-state index is 9.20. The van der Waals surface area contributed by atoms with E-state index in [1.54, 1.807) is 12.4 Å². The SMILES string of the molecule is OC[C@@H]1CCC(n2cnc3c(Cl)cc(Cl)nc32)C1. The number of aliphatic hydroxyl groups excluding tert-OH is 1. The molecule has 1 aliphatic carbocycles. The van der Waals surface area contributed by atoms with Gasteiger partial charge in [-0.05, 0) is 31.2 Å². The molecule has 0 radical (unpaired) electrons. The minimum atomic E-state index is 0.248. The molecule has 4 nitrogen and oxygen atoms in total. The number of nitrogens with zero attached hydrogens (tertiary/aromatic N) is 3. The summed E-state index contributed by atoms with van der Waals surface area (Å²) >= 11 is 12.0. The molecular weight excluding hydrogens is 273 g/mol. The van der Waals surface area contributed by atoms with E-state index in [9.17, 15) is 5.11 Å². The molecule has 2 atom stereocenters. The fraction of sp³-hybridized carbons (Fsp3) is 0.500. The van der Waals surface area contributed by atoms with Gasteiger partial charge in [-0.25, -0.2) is 9.97 Å². The Hall–Kier alpha value is -0.840. The number of aromatic nitrogens is 3. The van der Waals surface area contributed by atoms with Crippen LogP contribution in [0.1, 0.15) is 25.3 Å². The first kappa shape index (κ1) is 12.2. The summed E-state index contributed by atoms with van der Waals surface area (Å²) in [5.41, 5.74) is 1.42. The van der Waals surface area contributed by atoms with Crippen LogP contribution in [0.2, 0.25) is 10.2 Å². The maximum Gasteiger partial charge on any atom is 0.163 e. The minimum Gasteiger partial charge on any atom is -0.396 e. The number of hydrogen-bond acceptors (Lipinski definition) is 3. The quantitative estimate of drug-likeness (QED) is 0.863. The topological polar surface area (TPSA) is 50.9 Å². The number of rotatable bonds is 2. The molecule has 2 aromatic rings. The number of hydrogen-bond donors (Lipinski definition) is 1. The van der Waals surface area contributed by atoms with Crippen LogP contribution in [-0.2, 0) is 0 Å². The average Bonchev–Trinajstić information content (AvgIpc) is 2.93. The molecule has 2 aromatic heterocycles. The molecule has 1 aliphatic rings. The van der Waals surface area contributed by atoms with Gasteiger partial charge in [-0.15, -0.1) is 0 Å². The first-order valence-electron chi connectivity index (χ1n) is 5.98. The Kier molecular flexibility index (Phi) is 3.18. The molecule has 0 aliphatic heterocycles. The highest BCUT2D eigenvalue weighted by atomic mass is 35.5. The first-order chi connectivity index (χ1) is 8.69. The van der Waals surface area contributed by atoms with Gasteiger partial charge in [0.2, 0.25) is 0 Å². The van der Waals surface area contributed by atoms with E-state index in [0.717, 1.165) is 24.9 Å². The van der Waals surface area contributed by atoms with E-state index < -0.39 is 0 Å².